The molecule has 184 valence electrons. The van der Waals surface area contributed by atoms with Crippen molar-refractivity contribution in [2.24, 2.45) is 5.92 Å². The number of allylic oxidation sites excluding steroid dienone is 1. The van der Waals surface area contributed by atoms with Gasteiger partial charge in [0.1, 0.15) is 11.6 Å². The number of aromatic nitrogens is 1. The van der Waals surface area contributed by atoms with Crippen molar-refractivity contribution in [2.75, 3.05) is 12.4 Å². The second-order valence-corrected chi connectivity index (χ2v) is 8.47. The maximum absolute atomic E-state index is 14.6. The average molecular weight is 492 g/mol. The van der Waals surface area contributed by atoms with Crippen LogP contribution < -0.4 is 10.7 Å². The Balaban J connectivity index is 1.45. The fourth-order valence-electron chi connectivity index (χ4n) is 3.84. The number of nitrogens with zero attached hydrogens (tertiary/aromatic N) is 1. The smallest absolute Gasteiger partial charge is 0.307 e. The number of nitrogens with one attached hydrogen (secondary N) is 2. The highest BCUT2D eigenvalue weighted by Gasteiger charge is 2.45. The zero-order valence-corrected chi connectivity index (χ0v) is 19.5. The Labute approximate surface area is 206 Å². The summed E-state index contributed by atoms with van der Waals surface area (Å²) in [6.45, 7) is 0.108. The topological polar surface area (TPSA) is 121 Å². The lowest BCUT2D eigenvalue weighted by molar-refractivity contribution is -0.138. The highest BCUT2D eigenvalue weighted by Crippen LogP contribution is 2.46. The second kappa shape index (κ2) is 10.5. The zero-order valence-electron chi connectivity index (χ0n) is 19.5. The maximum atomic E-state index is 14.6. The van der Waals surface area contributed by atoms with Crippen LogP contribution in [0.2, 0.25) is 0 Å². The predicted octanol–water partition coefficient (Wildman–Crippen LogP) is 3.56. The first-order valence-corrected chi connectivity index (χ1v) is 11.2. The monoisotopic (exact) mass is 491 g/mol. The number of hydrogen-bond donors (Lipinski definition) is 4. The summed E-state index contributed by atoms with van der Waals surface area (Å²) in [5.74, 6) is -2.65. The number of ether oxygens (including phenoxy) is 1. The quantitative estimate of drug-likeness (QED) is 0.270. The third kappa shape index (κ3) is 5.63. The third-order valence-electron chi connectivity index (χ3n) is 6.06. The van der Waals surface area contributed by atoms with Crippen LogP contribution in [0.3, 0.4) is 0 Å². The highest BCUT2D eigenvalue weighted by atomic mass is 19.1. The van der Waals surface area contributed by atoms with Gasteiger partial charge in [-0.15, -0.1) is 0 Å². The molecule has 1 aromatic heterocycles. The minimum absolute atomic E-state index is 0.0365. The van der Waals surface area contributed by atoms with E-state index in [2.05, 4.69) is 10.3 Å². The summed E-state index contributed by atoms with van der Waals surface area (Å²) in [5.41, 5.74) is 3.53. The molecule has 0 bridgehead atoms. The molecule has 0 spiro atoms. The second-order valence-electron chi connectivity index (χ2n) is 8.47. The standard InChI is InChI=1S/C27H24F2N4O3/c1-36-26(31)9-7-24(30)16-4-2-15(3-5-16)19-10-17(22(28)12-23(19)29)13-32-18-6-8-25(33-14-18)20-11-21(20)27(34)35/h2-10,12,14,20-21,30-32H,11,13H2,1H3,(H,34,35)/p+1/b9-7-,30-24?,31-26?/t20-,21-/m0/s1. The Bertz CT molecular complexity index is 1340. The highest BCUT2D eigenvalue weighted by molar-refractivity contribution is 6.07. The number of hydrogen-bond acceptors (Lipinski definition) is 5. The lowest BCUT2D eigenvalue weighted by Gasteiger charge is -2.11. The first kappa shape index (κ1) is 24.7. The van der Waals surface area contributed by atoms with Crippen LogP contribution in [-0.2, 0) is 16.1 Å². The molecule has 0 radical (unpaired) electrons. The molecule has 1 heterocycles. The molecule has 2 aromatic carbocycles. The van der Waals surface area contributed by atoms with Gasteiger partial charge in [0.15, 0.2) is 0 Å². The molecule has 4 rings (SSSR count). The summed E-state index contributed by atoms with van der Waals surface area (Å²) in [6, 6.07) is 12.7. The minimum Gasteiger partial charge on any atom is -0.481 e. The fourth-order valence-corrected chi connectivity index (χ4v) is 3.84. The minimum atomic E-state index is -0.817. The number of pyridine rings is 1. The molecule has 1 fully saturated rings. The van der Waals surface area contributed by atoms with Crippen LogP contribution in [0.15, 0.2) is 66.9 Å². The summed E-state index contributed by atoms with van der Waals surface area (Å²) >= 11 is 0. The SMILES string of the molecule is COC(=N)/C=C\C(=[NH2+])c1ccc(-c2cc(CNc3ccc([C@H]4C[C@@H]4C(=O)O)nc3)c(F)cc2F)cc1. The Morgan fingerprint density at radius 2 is 1.94 bits per heavy atom. The molecule has 2 atom stereocenters. The number of carbonyl (C=O) groups is 1. The number of methoxy groups -OCH3 is 1. The zero-order chi connectivity index (χ0) is 25.8. The molecule has 3 aromatic rings. The number of carboxylic acids is 1. The molecule has 1 aliphatic rings. The summed E-state index contributed by atoms with van der Waals surface area (Å²) in [4.78, 5) is 15.4. The number of carboxylic acid groups (broad SMARTS) is 1. The molecule has 1 aliphatic carbocycles. The van der Waals surface area contributed by atoms with E-state index >= 15 is 0 Å². The number of rotatable bonds is 9. The van der Waals surface area contributed by atoms with Gasteiger partial charge < -0.3 is 15.2 Å². The van der Waals surface area contributed by atoms with E-state index in [1.165, 1.54) is 19.3 Å². The van der Waals surface area contributed by atoms with Gasteiger partial charge >= 0.3 is 5.97 Å². The van der Waals surface area contributed by atoms with Gasteiger partial charge in [-0.3, -0.25) is 20.6 Å². The van der Waals surface area contributed by atoms with E-state index in [9.17, 15) is 13.6 Å². The summed E-state index contributed by atoms with van der Waals surface area (Å²) in [6.07, 6.45) is 5.13. The molecule has 0 amide bonds. The summed E-state index contributed by atoms with van der Waals surface area (Å²) < 4.78 is 33.9. The van der Waals surface area contributed by atoms with Gasteiger partial charge in [-0.25, -0.2) is 8.78 Å². The molecular formula is C27H25F2N4O3+. The van der Waals surface area contributed by atoms with Gasteiger partial charge in [-0.05, 0) is 42.3 Å². The van der Waals surface area contributed by atoms with Crippen molar-refractivity contribution in [2.45, 2.75) is 18.9 Å². The molecule has 5 N–H and O–H groups in total. The van der Waals surface area contributed by atoms with Gasteiger partial charge in [0, 0.05) is 53.1 Å². The van der Waals surface area contributed by atoms with E-state index in [-0.39, 0.29) is 35.4 Å². The van der Waals surface area contributed by atoms with Crippen molar-refractivity contribution in [3.05, 3.63) is 95.3 Å². The van der Waals surface area contributed by atoms with Crippen LogP contribution in [0.25, 0.3) is 11.1 Å². The summed E-state index contributed by atoms with van der Waals surface area (Å²) in [5, 5.41) is 25.6. The Hall–Kier alpha value is -4.40. The number of nitrogens with two attached hydrogens (primary N) is 1. The van der Waals surface area contributed by atoms with E-state index in [1.54, 1.807) is 48.7 Å². The van der Waals surface area contributed by atoms with E-state index in [0.29, 0.717) is 28.9 Å². The van der Waals surface area contributed by atoms with Crippen molar-refractivity contribution in [3.63, 3.8) is 0 Å². The molecule has 0 aliphatic heterocycles. The molecule has 7 nitrogen and oxygen atoms in total. The van der Waals surface area contributed by atoms with Gasteiger partial charge in [0.05, 0.1) is 24.9 Å². The van der Waals surface area contributed by atoms with Crippen molar-refractivity contribution < 1.29 is 28.8 Å². The van der Waals surface area contributed by atoms with Gasteiger partial charge in [-0.2, -0.15) is 0 Å². The van der Waals surface area contributed by atoms with Crippen LogP contribution in [0.1, 0.15) is 29.2 Å². The fraction of sp³-hybridized carbons (Fsp3) is 0.185. The Morgan fingerprint density at radius 1 is 1.19 bits per heavy atom. The largest absolute Gasteiger partial charge is 0.481 e. The Kier molecular flexibility index (Phi) is 7.19. The van der Waals surface area contributed by atoms with Gasteiger partial charge in [-0.1, -0.05) is 12.1 Å². The number of aliphatic carboxylic acids is 1. The number of benzene rings is 2. The predicted molar refractivity (Wildman–Crippen MR) is 132 cm³/mol. The van der Waals surface area contributed by atoms with Gasteiger partial charge in [0.25, 0.3) is 0 Å². The first-order chi connectivity index (χ1) is 17.3. The van der Waals surface area contributed by atoms with E-state index in [0.717, 1.165) is 11.8 Å². The summed E-state index contributed by atoms with van der Waals surface area (Å²) in [7, 11) is 1.39. The maximum Gasteiger partial charge on any atom is 0.307 e. The molecule has 1 saturated carbocycles. The van der Waals surface area contributed by atoms with Crippen molar-refractivity contribution in [1.82, 2.24) is 4.98 Å². The molecule has 0 saturated heterocycles. The Morgan fingerprint density at radius 3 is 2.56 bits per heavy atom. The van der Waals surface area contributed by atoms with Crippen LogP contribution in [0, 0.1) is 23.0 Å². The molecule has 0 unspecified atom stereocenters. The average Bonchev–Trinajstić information content (AvgIpc) is 3.68. The van der Waals surface area contributed by atoms with Gasteiger partial charge in [0.2, 0.25) is 11.6 Å². The first-order valence-electron chi connectivity index (χ1n) is 11.2. The number of halogens is 2. The van der Waals surface area contributed by atoms with E-state index < -0.39 is 17.6 Å². The number of anilines is 1. The van der Waals surface area contributed by atoms with Crippen molar-refractivity contribution in [3.8, 4) is 11.1 Å². The van der Waals surface area contributed by atoms with Crippen LogP contribution in [0.5, 0.6) is 0 Å². The van der Waals surface area contributed by atoms with Crippen LogP contribution >= 0.6 is 0 Å². The third-order valence-corrected chi connectivity index (χ3v) is 6.06. The van der Waals surface area contributed by atoms with E-state index in [4.69, 9.17) is 20.7 Å². The normalized spacial score (nSPS) is 16.5. The van der Waals surface area contributed by atoms with Crippen molar-refractivity contribution >= 4 is 23.3 Å². The van der Waals surface area contributed by atoms with Crippen LogP contribution in [-0.4, -0.2) is 34.8 Å². The van der Waals surface area contributed by atoms with Crippen LogP contribution in [0.4, 0.5) is 14.5 Å². The molecule has 9 heteroatoms. The molecular weight excluding hydrogens is 466 g/mol. The van der Waals surface area contributed by atoms with E-state index in [1.807, 2.05) is 0 Å². The lowest BCUT2D eigenvalue weighted by Crippen LogP contribution is -2.39. The lowest BCUT2D eigenvalue weighted by atomic mass is 9.99. The molecule has 36 heavy (non-hydrogen) atoms. The van der Waals surface area contributed by atoms with Crippen molar-refractivity contribution in [1.29, 1.82) is 5.41 Å².